The fourth-order valence-corrected chi connectivity index (χ4v) is 3.34. The average Bonchev–Trinajstić information content (AvgIpc) is 2.80. The highest BCUT2D eigenvalue weighted by molar-refractivity contribution is 5.99. The summed E-state index contributed by atoms with van der Waals surface area (Å²) in [7, 11) is 0. The first kappa shape index (κ1) is 19.6. The van der Waals surface area contributed by atoms with Gasteiger partial charge in [-0.05, 0) is 30.2 Å². The van der Waals surface area contributed by atoms with Crippen LogP contribution < -0.4 is 15.0 Å². The predicted octanol–water partition coefficient (Wildman–Crippen LogP) is 3.04. The topological polar surface area (TPSA) is 84.4 Å². The second kappa shape index (κ2) is 9.17. The van der Waals surface area contributed by atoms with Gasteiger partial charge in [0.1, 0.15) is 0 Å². The molecular formula is C23H22N4O3. The van der Waals surface area contributed by atoms with E-state index in [9.17, 15) is 9.59 Å². The fraction of sp³-hybridized carbons (Fsp3) is 0.217. The van der Waals surface area contributed by atoms with Crippen molar-refractivity contribution in [1.82, 2.24) is 15.3 Å². The average molecular weight is 402 g/mol. The van der Waals surface area contributed by atoms with Crippen molar-refractivity contribution in [2.75, 3.05) is 11.4 Å². The number of aromatic nitrogens is 2. The molecule has 7 nitrogen and oxygen atoms in total. The summed E-state index contributed by atoms with van der Waals surface area (Å²) < 4.78 is 5.94. The number of rotatable bonds is 7. The van der Waals surface area contributed by atoms with Crippen molar-refractivity contribution in [3.05, 3.63) is 84.3 Å². The molecule has 0 bridgehead atoms. The molecule has 3 aromatic rings. The molecule has 0 unspecified atom stereocenters. The lowest BCUT2D eigenvalue weighted by atomic mass is 10.1. The summed E-state index contributed by atoms with van der Waals surface area (Å²) in [5, 5.41) is 2.88. The quantitative estimate of drug-likeness (QED) is 0.657. The third-order valence-electron chi connectivity index (χ3n) is 4.84. The number of hydrogen-bond acceptors (Lipinski definition) is 5. The number of amides is 2. The van der Waals surface area contributed by atoms with Gasteiger partial charge in [0.15, 0.2) is 11.6 Å². The largest absolute Gasteiger partial charge is 0.472 e. The second-order valence-electron chi connectivity index (χ2n) is 6.97. The first-order valence-electron chi connectivity index (χ1n) is 9.86. The van der Waals surface area contributed by atoms with Gasteiger partial charge in [0.05, 0.1) is 0 Å². The third kappa shape index (κ3) is 4.46. The van der Waals surface area contributed by atoms with Crippen molar-refractivity contribution in [3.8, 4) is 5.75 Å². The first-order valence-corrected chi connectivity index (χ1v) is 9.86. The lowest BCUT2D eigenvalue weighted by molar-refractivity contribution is -0.127. The molecule has 0 saturated carbocycles. The van der Waals surface area contributed by atoms with Gasteiger partial charge in [0.25, 0.3) is 5.91 Å². The number of hydrogen-bond donors (Lipinski definition) is 1. The maximum atomic E-state index is 13.1. The van der Waals surface area contributed by atoms with Gasteiger partial charge in [-0.1, -0.05) is 36.4 Å². The van der Waals surface area contributed by atoms with E-state index < -0.39 is 6.10 Å². The molecule has 2 amide bonds. The minimum Gasteiger partial charge on any atom is -0.472 e. The molecule has 3 heterocycles. The molecule has 4 rings (SSSR count). The molecule has 152 valence electrons. The maximum Gasteiger partial charge on any atom is 0.274 e. The first-order chi connectivity index (χ1) is 14.7. The van der Waals surface area contributed by atoms with E-state index in [0.717, 1.165) is 11.1 Å². The molecule has 2 aromatic heterocycles. The Hall–Kier alpha value is -3.74. The molecular weight excluding hydrogens is 380 g/mol. The van der Waals surface area contributed by atoms with Crippen molar-refractivity contribution in [2.45, 2.75) is 25.5 Å². The second-order valence-corrected chi connectivity index (χ2v) is 6.97. The van der Waals surface area contributed by atoms with Gasteiger partial charge in [-0.3, -0.25) is 19.5 Å². The summed E-state index contributed by atoms with van der Waals surface area (Å²) in [6.07, 6.45) is 5.15. The van der Waals surface area contributed by atoms with Gasteiger partial charge in [-0.25, -0.2) is 4.98 Å². The van der Waals surface area contributed by atoms with E-state index in [1.807, 2.05) is 42.5 Å². The van der Waals surface area contributed by atoms with Crippen LogP contribution >= 0.6 is 0 Å². The molecule has 0 radical (unpaired) electrons. The van der Waals surface area contributed by atoms with Crippen LogP contribution in [-0.2, 0) is 16.1 Å². The smallest absolute Gasteiger partial charge is 0.274 e. The van der Waals surface area contributed by atoms with E-state index in [2.05, 4.69) is 15.3 Å². The van der Waals surface area contributed by atoms with Gasteiger partial charge >= 0.3 is 0 Å². The van der Waals surface area contributed by atoms with E-state index in [4.69, 9.17) is 4.74 Å². The summed E-state index contributed by atoms with van der Waals surface area (Å²) in [6, 6.07) is 16.7. The van der Waals surface area contributed by atoms with Gasteiger partial charge < -0.3 is 10.1 Å². The van der Waals surface area contributed by atoms with Crippen molar-refractivity contribution >= 4 is 17.6 Å². The van der Waals surface area contributed by atoms with Crippen LogP contribution in [-0.4, -0.2) is 28.3 Å². The number of carbonyl (C=O) groups excluding carboxylic acids is 2. The van der Waals surface area contributed by atoms with Crippen LogP contribution in [0.5, 0.6) is 5.75 Å². The Morgan fingerprint density at radius 1 is 1.07 bits per heavy atom. The number of nitrogens with one attached hydrogen (secondary N) is 1. The molecule has 0 aliphatic carbocycles. The number of nitrogens with zero attached hydrogens (tertiary/aromatic N) is 3. The van der Waals surface area contributed by atoms with Gasteiger partial charge in [0, 0.05) is 43.7 Å². The van der Waals surface area contributed by atoms with Crippen molar-refractivity contribution in [3.63, 3.8) is 0 Å². The van der Waals surface area contributed by atoms with Gasteiger partial charge in [-0.2, -0.15) is 0 Å². The Kier molecular flexibility index (Phi) is 5.98. The minimum atomic E-state index is -0.720. The number of pyridine rings is 2. The van der Waals surface area contributed by atoms with Gasteiger partial charge in [0.2, 0.25) is 12.0 Å². The standard InChI is InChI=1S/C23H22N4O3/c28-20(26-16-17-7-4-12-24-15-17)11-6-14-27-22-19(10-5-13-25-22)30-21(23(27)29)18-8-2-1-3-9-18/h1-5,7-10,12-13,15,21H,6,11,14,16H2,(H,26,28)/t21-/m1/s1. The molecule has 1 aliphatic rings. The summed E-state index contributed by atoms with van der Waals surface area (Å²) >= 11 is 0. The molecule has 0 spiro atoms. The molecule has 0 saturated heterocycles. The molecule has 1 N–H and O–H groups in total. The highest BCUT2D eigenvalue weighted by Gasteiger charge is 2.36. The van der Waals surface area contributed by atoms with E-state index in [1.165, 1.54) is 0 Å². The molecule has 1 aliphatic heterocycles. The van der Waals surface area contributed by atoms with Crippen molar-refractivity contribution in [2.24, 2.45) is 0 Å². The van der Waals surface area contributed by atoms with E-state index >= 15 is 0 Å². The predicted molar refractivity (Wildman–Crippen MR) is 112 cm³/mol. The van der Waals surface area contributed by atoms with Crippen LogP contribution in [0.3, 0.4) is 0 Å². The zero-order valence-electron chi connectivity index (χ0n) is 16.4. The van der Waals surface area contributed by atoms with Crippen molar-refractivity contribution in [1.29, 1.82) is 0 Å². The molecule has 30 heavy (non-hydrogen) atoms. The SMILES string of the molecule is O=C(CCCN1C(=O)[C@@H](c2ccccc2)Oc2cccnc21)NCc1cccnc1. The summed E-state index contributed by atoms with van der Waals surface area (Å²) in [6.45, 7) is 0.819. The summed E-state index contributed by atoms with van der Waals surface area (Å²) in [5.41, 5.74) is 1.73. The van der Waals surface area contributed by atoms with Crippen LogP contribution in [0.15, 0.2) is 73.2 Å². The Labute approximate surface area is 174 Å². The maximum absolute atomic E-state index is 13.1. The van der Waals surface area contributed by atoms with Gasteiger partial charge in [-0.15, -0.1) is 0 Å². The summed E-state index contributed by atoms with van der Waals surface area (Å²) in [5.74, 6) is 0.806. The molecule has 1 atom stereocenters. The molecule has 7 heteroatoms. The monoisotopic (exact) mass is 402 g/mol. The lowest BCUT2D eigenvalue weighted by Gasteiger charge is -2.33. The van der Waals surface area contributed by atoms with Crippen LogP contribution in [0, 0.1) is 0 Å². The normalized spacial score (nSPS) is 15.3. The third-order valence-corrected chi connectivity index (χ3v) is 4.84. The number of anilines is 1. The number of carbonyl (C=O) groups is 2. The van der Waals surface area contributed by atoms with E-state index in [-0.39, 0.29) is 11.8 Å². The Morgan fingerprint density at radius 3 is 2.70 bits per heavy atom. The minimum absolute atomic E-state index is 0.0691. The van der Waals surface area contributed by atoms with Crippen molar-refractivity contribution < 1.29 is 14.3 Å². The molecule has 1 aromatic carbocycles. The summed E-state index contributed by atoms with van der Waals surface area (Å²) in [4.78, 5) is 35.3. The number of benzene rings is 1. The van der Waals surface area contributed by atoms with Crippen LogP contribution in [0.2, 0.25) is 0 Å². The van der Waals surface area contributed by atoms with Crippen LogP contribution in [0.1, 0.15) is 30.1 Å². The molecule has 0 fully saturated rings. The Bertz CT molecular complexity index is 1010. The Morgan fingerprint density at radius 2 is 1.90 bits per heavy atom. The fourth-order valence-electron chi connectivity index (χ4n) is 3.34. The van der Waals surface area contributed by atoms with E-state index in [1.54, 1.807) is 35.6 Å². The zero-order valence-corrected chi connectivity index (χ0v) is 16.4. The van der Waals surface area contributed by atoms with E-state index in [0.29, 0.717) is 37.5 Å². The highest BCUT2D eigenvalue weighted by atomic mass is 16.5. The van der Waals surface area contributed by atoms with Crippen LogP contribution in [0.25, 0.3) is 0 Å². The van der Waals surface area contributed by atoms with Crippen LogP contribution in [0.4, 0.5) is 5.82 Å². The highest BCUT2D eigenvalue weighted by Crippen LogP contribution is 2.37. The number of fused-ring (bicyclic) bond motifs is 1. The lowest BCUT2D eigenvalue weighted by Crippen LogP contribution is -2.42. The number of ether oxygens (including phenoxy) is 1. The zero-order chi connectivity index (χ0) is 20.8. The Balaban J connectivity index is 1.39.